The summed E-state index contributed by atoms with van der Waals surface area (Å²) < 4.78 is 31.9. The van der Waals surface area contributed by atoms with Gasteiger partial charge in [-0.25, -0.2) is 13.1 Å². The van der Waals surface area contributed by atoms with Gasteiger partial charge in [-0.1, -0.05) is 0 Å². The van der Waals surface area contributed by atoms with Gasteiger partial charge in [-0.3, -0.25) is 4.79 Å². The lowest BCUT2D eigenvalue weighted by atomic mass is 10.2. The van der Waals surface area contributed by atoms with E-state index in [1.165, 1.54) is 30.5 Å². The maximum atomic E-state index is 12.1. The quantitative estimate of drug-likeness (QED) is 0.742. The van der Waals surface area contributed by atoms with Crippen molar-refractivity contribution in [1.82, 2.24) is 14.9 Å². The second kappa shape index (κ2) is 8.09. The van der Waals surface area contributed by atoms with E-state index in [9.17, 15) is 13.2 Å². The molecular weight excluding hydrogens is 330 g/mol. The van der Waals surface area contributed by atoms with Crippen LogP contribution in [0.1, 0.15) is 16.1 Å². The van der Waals surface area contributed by atoms with Gasteiger partial charge >= 0.3 is 0 Å². The Morgan fingerprint density at radius 3 is 2.46 bits per heavy atom. The molecule has 1 amide bonds. The number of sulfonamides is 1. The SMILES string of the molecule is CN(C)CCNS(=O)(=O)c1ccc(C(=O)NCc2ccco2)cc1. The first-order valence-electron chi connectivity index (χ1n) is 7.43. The standard InChI is InChI=1S/C16H21N3O4S/c1-19(2)10-9-18-24(21,22)15-7-5-13(6-8-15)16(20)17-12-14-4-3-11-23-14/h3-8,11,18H,9-10,12H2,1-2H3,(H,17,20). The number of nitrogens with one attached hydrogen (secondary N) is 2. The second-order valence-electron chi connectivity index (χ2n) is 5.49. The molecular formula is C16H21N3O4S. The number of carbonyl (C=O) groups is 1. The third kappa shape index (κ3) is 5.19. The molecule has 7 nitrogen and oxygen atoms in total. The van der Waals surface area contributed by atoms with Crippen molar-refractivity contribution in [3.05, 3.63) is 54.0 Å². The second-order valence-corrected chi connectivity index (χ2v) is 7.25. The summed E-state index contributed by atoms with van der Waals surface area (Å²) in [4.78, 5) is 14.0. The number of hydrogen-bond acceptors (Lipinski definition) is 5. The minimum Gasteiger partial charge on any atom is -0.467 e. The molecule has 130 valence electrons. The molecule has 24 heavy (non-hydrogen) atoms. The molecule has 0 bridgehead atoms. The number of likely N-dealkylation sites (N-methyl/N-ethyl adjacent to an activating group) is 1. The van der Waals surface area contributed by atoms with Gasteiger partial charge in [-0.2, -0.15) is 0 Å². The molecule has 0 saturated carbocycles. The van der Waals surface area contributed by atoms with Crippen molar-refractivity contribution < 1.29 is 17.6 Å². The van der Waals surface area contributed by atoms with Crippen molar-refractivity contribution in [3.8, 4) is 0 Å². The number of amides is 1. The maximum Gasteiger partial charge on any atom is 0.251 e. The Hall–Kier alpha value is -2.16. The summed E-state index contributed by atoms with van der Waals surface area (Å²) in [5.74, 6) is 0.351. The molecule has 8 heteroatoms. The van der Waals surface area contributed by atoms with Gasteiger partial charge in [0.05, 0.1) is 17.7 Å². The van der Waals surface area contributed by atoms with Crippen LogP contribution in [0.15, 0.2) is 52.0 Å². The van der Waals surface area contributed by atoms with Crippen LogP contribution in [-0.4, -0.2) is 46.4 Å². The van der Waals surface area contributed by atoms with E-state index in [1.54, 1.807) is 12.1 Å². The first-order chi connectivity index (χ1) is 11.4. The van der Waals surface area contributed by atoms with Crippen molar-refractivity contribution in [2.45, 2.75) is 11.4 Å². The van der Waals surface area contributed by atoms with Gasteiger partial charge in [0.1, 0.15) is 5.76 Å². The zero-order valence-electron chi connectivity index (χ0n) is 13.7. The molecule has 0 aliphatic heterocycles. The Labute approximate surface area is 141 Å². The summed E-state index contributed by atoms with van der Waals surface area (Å²) in [7, 11) is 0.161. The minimum atomic E-state index is -3.57. The predicted octanol–water partition coefficient (Wildman–Crippen LogP) is 1.05. The van der Waals surface area contributed by atoms with Crippen LogP contribution >= 0.6 is 0 Å². The van der Waals surface area contributed by atoms with Crippen molar-refractivity contribution in [1.29, 1.82) is 0 Å². The highest BCUT2D eigenvalue weighted by atomic mass is 32.2. The summed E-state index contributed by atoms with van der Waals surface area (Å²) in [6.45, 7) is 1.20. The van der Waals surface area contributed by atoms with Gasteiger partial charge in [-0.05, 0) is 50.5 Å². The summed E-state index contributed by atoms with van der Waals surface area (Å²) >= 11 is 0. The van der Waals surface area contributed by atoms with E-state index in [0.717, 1.165) is 0 Å². The molecule has 0 atom stereocenters. The largest absolute Gasteiger partial charge is 0.467 e. The normalized spacial score (nSPS) is 11.6. The molecule has 1 aromatic carbocycles. The van der Waals surface area contributed by atoms with E-state index in [2.05, 4.69) is 10.0 Å². The van der Waals surface area contributed by atoms with Crippen molar-refractivity contribution >= 4 is 15.9 Å². The summed E-state index contributed by atoms with van der Waals surface area (Å²) in [6, 6.07) is 9.30. The van der Waals surface area contributed by atoms with Crippen LogP contribution in [0.5, 0.6) is 0 Å². The van der Waals surface area contributed by atoms with Crippen LogP contribution in [0.25, 0.3) is 0 Å². The Bertz CT molecular complexity index is 753. The van der Waals surface area contributed by atoms with Gasteiger partial charge < -0.3 is 14.6 Å². The Morgan fingerprint density at radius 1 is 1.17 bits per heavy atom. The molecule has 1 heterocycles. The molecule has 1 aromatic heterocycles. The molecule has 0 saturated heterocycles. The van der Waals surface area contributed by atoms with Gasteiger partial charge in [0, 0.05) is 18.7 Å². The molecule has 0 unspecified atom stereocenters. The third-order valence-electron chi connectivity index (χ3n) is 3.28. The van der Waals surface area contributed by atoms with E-state index >= 15 is 0 Å². The lowest BCUT2D eigenvalue weighted by molar-refractivity contribution is 0.0948. The van der Waals surface area contributed by atoms with E-state index in [4.69, 9.17) is 4.42 Å². The zero-order valence-corrected chi connectivity index (χ0v) is 14.5. The minimum absolute atomic E-state index is 0.129. The van der Waals surface area contributed by atoms with Crippen molar-refractivity contribution in [3.63, 3.8) is 0 Å². The molecule has 0 aliphatic carbocycles. The topological polar surface area (TPSA) is 91.7 Å². The summed E-state index contributed by atoms with van der Waals surface area (Å²) in [6.07, 6.45) is 1.53. The first-order valence-corrected chi connectivity index (χ1v) is 8.92. The van der Waals surface area contributed by atoms with Crippen LogP contribution in [0, 0.1) is 0 Å². The number of rotatable bonds is 8. The number of carbonyl (C=O) groups excluding carboxylic acids is 1. The smallest absolute Gasteiger partial charge is 0.251 e. The van der Waals surface area contributed by atoms with Crippen LogP contribution < -0.4 is 10.0 Å². The summed E-state index contributed by atoms with van der Waals surface area (Å²) in [5.41, 5.74) is 0.383. The Kier molecular flexibility index (Phi) is 6.13. The highest BCUT2D eigenvalue weighted by Crippen LogP contribution is 2.11. The molecule has 2 rings (SSSR count). The van der Waals surface area contributed by atoms with Crippen molar-refractivity contribution in [2.75, 3.05) is 27.2 Å². The third-order valence-corrected chi connectivity index (χ3v) is 4.76. The van der Waals surface area contributed by atoms with E-state index in [-0.39, 0.29) is 17.3 Å². The van der Waals surface area contributed by atoms with Crippen LogP contribution in [0.3, 0.4) is 0 Å². The van der Waals surface area contributed by atoms with E-state index in [0.29, 0.717) is 24.4 Å². The Balaban J connectivity index is 1.95. The van der Waals surface area contributed by atoms with E-state index < -0.39 is 10.0 Å². The van der Waals surface area contributed by atoms with Gasteiger partial charge in [0.25, 0.3) is 5.91 Å². The van der Waals surface area contributed by atoms with E-state index in [1.807, 2.05) is 19.0 Å². The maximum absolute atomic E-state index is 12.1. The predicted molar refractivity (Wildman–Crippen MR) is 90.1 cm³/mol. The summed E-state index contributed by atoms with van der Waals surface area (Å²) in [5, 5.41) is 2.70. The number of nitrogens with zero attached hydrogens (tertiary/aromatic N) is 1. The molecule has 0 aliphatic rings. The molecule has 2 aromatic rings. The average Bonchev–Trinajstić information content (AvgIpc) is 3.05. The highest BCUT2D eigenvalue weighted by Gasteiger charge is 2.14. The fraction of sp³-hybridized carbons (Fsp3) is 0.312. The fourth-order valence-electron chi connectivity index (χ4n) is 1.96. The lowest BCUT2D eigenvalue weighted by Gasteiger charge is -2.11. The number of benzene rings is 1. The van der Waals surface area contributed by atoms with Crippen LogP contribution in [0.2, 0.25) is 0 Å². The van der Waals surface area contributed by atoms with Crippen LogP contribution in [-0.2, 0) is 16.6 Å². The fourth-order valence-corrected chi connectivity index (χ4v) is 2.98. The average molecular weight is 351 g/mol. The lowest BCUT2D eigenvalue weighted by Crippen LogP contribution is -2.31. The van der Waals surface area contributed by atoms with Crippen LogP contribution in [0.4, 0.5) is 0 Å². The molecule has 2 N–H and O–H groups in total. The highest BCUT2D eigenvalue weighted by molar-refractivity contribution is 7.89. The number of hydrogen-bond donors (Lipinski definition) is 2. The van der Waals surface area contributed by atoms with Gasteiger partial charge in [0.15, 0.2) is 0 Å². The molecule has 0 fully saturated rings. The molecule has 0 radical (unpaired) electrons. The Morgan fingerprint density at radius 2 is 1.88 bits per heavy atom. The van der Waals surface area contributed by atoms with Gasteiger partial charge in [-0.15, -0.1) is 0 Å². The first kappa shape index (κ1) is 18.2. The molecule has 0 spiro atoms. The monoisotopic (exact) mass is 351 g/mol. The van der Waals surface area contributed by atoms with Gasteiger partial charge in [0.2, 0.25) is 10.0 Å². The number of furan rings is 1. The van der Waals surface area contributed by atoms with Crippen molar-refractivity contribution in [2.24, 2.45) is 0 Å². The zero-order chi connectivity index (χ0) is 17.6.